The Labute approximate surface area is 60.0 Å². The van der Waals surface area contributed by atoms with Gasteiger partial charge in [0.25, 0.3) is 0 Å². The number of nitrogens with zero attached hydrogens (tertiary/aromatic N) is 2. The molecule has 0 saturated carbocycles. The van der Waals surface area contributed by atoms with Crippen molar-refractivity contribution in [3.63, 3.8) is 0 Å². The lowest BCUT2D eigenvalue weighted by Crippen LogP contribution is -2.43. The second-order valence-corrected chi connectivity index (χ2v) is 2.65. The monoisotopic (exact) mass is 136 g/mol. The molecule has 53 valence electrons. The highest BCUT2D eigenvalue weighted by Crippen LogP contribution is 2.09. The number of hydrogen-bond donors (Lipinski definition) is 1. The van der Waals surface area contributed by atoms with E-state index in [2.05, 4.69) is 16.5 Å². The van der Waals surface area contributed by atoms with Gasteiger partial charge in [-0.3, -0.25) is 4.68 Å². The molecule has 1 aromatic rings. The van der Waals surface area contributed by atoms with E-state index in [1.807, 2.05) is 17.8 Å². The Morgan fingerprint density at radius 1 is 1.80 bits per heavy atom. The fraction of sp³-hybridized carbons (Fsp3) is 0.571. The molecule has 3 nitrogen and oxygen atoms in total. The van der Waals surface area contributed by atoms with Gasteiger partial charge in [-0.2, -0.15) is 5.10 Å². The Kier molecular flexibility index (Phi) is 1.24. The largest absolute Gasteiger partial charge is 0.312 e. The van der Waals surface area contributed by atoms with Gasteiger partial charge in [-0.1, -0.05) is 0 Å². The predicted molar refractivity (Wildman–Crippen MR) is 37.7 cm³/mol. The maximum absolute atomic E-state index is 4.25. The number of hydrogen-bond acceptors (Lipinski definition) is 2. The SMILES string of the molecule is Cc1[c]cn(C2CNC2)n1. The van der Waals surface area contributed by atoms with Crippen molar-refractivity contribution < 1.29 is 0 Å². The predicted octanol–water partition coefficient (Wildman–Crippen LogP) is 0.136. The first-order valence-electron chi connectivity index (χ1n) is 3.50. The summed E-state index contributed by atoms with van der Waals surface area (Å²) in [6.45, 7) is 4.06. The molecule has 2 heterocycles. The molecule has 0 bridgehead atoms. The van der Waals surface area contributed by atoms with Crippen LogP contribution < -0.4 is 5.32 Å². The second-order valence-electron chi connectivity index (χ2n) is 2.65. The van der Waals surface area contributed by atoms with Crippen LogP contribution >= 0.6 is 0 Å². The summed E-state index contributed by atoms with van der Waals surface area (Å²) in [4.78, 5) is 0. The van der Waals surface area contributed by atoms with Crippen LogP contribution in [0.5, 0.6) is 0 Å². The highest BCUT2D eigenvalue weighted by Gasteiger charge is 2.18. The van der Waals surface area contributed by atoms with Crippen molar-refractivity contribution in [3.05, 3.63) is 18.0 Å². The first kappa shape index (κ1) is 5.92. The molecule has 0 aliphatic carbocycles. The molecule has 0 spiro atoms. The summed E-state index contributed by atoms with van der Waals surface area (Å²) in [5.41, 5.74) is 0.979. The molecule has 2 rings (SSSR count). The Hall–Kier alpha value is -0.830. The standard InChI is InChI=1S/C7H10N3/c1-6-2-3-10(9-6)7-4-8-5-7/h3,7-8H,4-5H2,1H3. The van der Waals surface area contributed by atoms with E-state index in [0.717, 1.165) is 18.8 Å². The molecule has 3 heteroatoms. The molecule has 0 unspecified atom stereocenters. The Morgan fingerprint density at radius 3 is 3.00 bits per heavy atom. The zero-order valence-electron chi connectivity index (χ0n) is 5.96. The maximum atomic E-state index is 4.25. The van der Waals surface area contributed by atoms with Gasteiger partial charge in [0.15, 0.2) is 0 Å². The van der Waals surface area contributed by atoms with Crippen molar-refractivity contribution in [3.8, 4) is 0 Å². The topological polar surface area (TPSA) is 29.9 Å². The summed E-state index contributed by atoms with van der Waals surface area (Å²) in [6.07, 6.45) is 1.92. The summed E-state index contributed by atoms with van der Waals surface area (Å²) < 4.78 is 1.98. The van der Waals surface area contributed by atoms with Crippen molar-refractivity contribution >= 4 is 0 Å². The Morgan fingerprint density at radius 2 is 2.60 bits per heavy atom. The first-order chi connectivity index (χ1) is 4.86. The van der Waals surface area contributed by atoms with Gasteiger partial charge in [0.05, 0.1) is 11.7 Å². The zero-order chi connectivity index (χ0) is 6.97. The van der Waals surface area contributed by atoms with Crippen LogP contribution in [0, 0.1) is 13.0 Å². The third kappa shape index (κ3) is 0.827. The van der Waals surface area contributed by atoms with Gasteiger partial charge in [0.2, 0.25) is 0 Å². The Balaban J connectivity index is 2.17. The van der Waals surface area contributed by atoms with E-state index in [1.165, 1.54) is 0 Å². The van der Waals surface area contributed by atoms with Crippen LogP contribution in [0.3, 0.4) is 0 Å². The highest BCUT2D eigenvalue weighted by molar-refractivity contribution is 4.95. The number of nitrogens with one attached hydrogen (secondary N) is 1. The molecule has 1 radical (unpaired) electrons. The quantitative estimate of drug-likeness (QED) is 0.595. The van der Waals surface area contributed by atoms with E-state index in [1.54, 1.807) is 0 Å². The molecule has 1 N–H and O–H groups in total. The van der Waals surface area contributed by atoms with Crippen LogP contribution in [-0.4, -0.2) is 22.9 Å². The molecular weight excluding hydrogens is 126 g/mol. The van der Waals surface area contributed by atoms with Gasteiger partial charge >= 0.3 is 0 Å². The molecule has 1 aliphatic heterocycles. The molecule has 0 atom stereocenters. The van der Waals surface area contributed by atoms with Crippen molar-refractivity contribution in [2.75, 3.05) is 13.1 Å². The number of aryl methyl sites for hydroxylation is 1. The van der Waals surface area contributed by atoms with Crippen molar-refractivity contribution in [1.29, 1.82) is 0 Å². The van der Waals surface area contributed by atoms with Gasteiger partial charge in [0.1, 0.15) is 0 Å². The van der Waals surface area contributed by atoms with Crippen molar-refractivity contribution in [2.45, 2.75) is 13.0 Å². The van der Waals surface area contributed by atoms with E-state index in [-0.39, 0.29) is 0 Å². The summed E-state index contributed by atoms with van der Waals surface area (Å²) in [7, 11) is 0. The fourth-order valence-corrected chi connectivity index (χ4v) is 1.04. The minimum atomic E-state index is 0.574. The van der Waals surface area contributed by atoms with Gasteiger partial charge < -0.3 is 5.32 Å². The highest BCUT2D eigenvalue weighted by atomic mass is 15.3. The molecule has 1 fully saturated rings. The second kappa shape index (κ2) is 2.09. The minimum Gasteiger partial charge on any atom is -0.312 e. The van der Waals surface area contributed by atoms with E-state index in [0.29, 0.717) is 6.04 Å². The van der Waals surface area contributed by atoms with Crippen LogP contribution in [0.2, 0.25) is 0 Å². The van der Waals surface area contributed by atoms with Crippen molar-refractivity contribution in [2.24, 2.45) is 0 Å². The average molecular weight is 136 g/mol. The average Bonchev–Trinajstić information content (AvgIpc) is 2.10. The summed E-state index contributed by atoms with van der Waals surface area (Å²) >= 11 is 0. The van der Waals surface area contributed by atoms with Gasteiger partial charge in [-0.05, 0) is 6.92 Å². The first-order valence-corrected chi connectivity index (χ1v) is 3.50. The normalized spacial score (nSPS) is 18.9. The van der Waals surface area contributed by atoms with Crippen LogP contribution in [-0.2, 0) is 0 Å². The van der Waals surface area contributed by atoms with E-state index in [9.17, 15) is 0 Å². The molecule has 1 aliphatic rings. The molecular formula is C7H10N3. The fourth-order valence-electron chi connectivity index (χ4n) is 1.04. The lowest BCUT2D eigenvalue weighted by Gasteiger charge is -2.27. The number of aromatic nitrogens is 2. The zero-order valence-corrected chi connectivity index (χ0v) is 5.96. The van der Waals surface area contributed by atoms with Gasteiger partial charge in [-0.25, -0.2) is 0 Å². The molecule has 1 aromatic heterocycles. The lowest BCUT2D eigenvalue weighted by atomic mass is 10.2. The minimum absolute atomic E-state index is 0.574. The molecule has 10 heavy (non-hydrogen) atoms. The third-order valence-corrected chi connectivity index (χ3v) is 1.81. The molecule has 0 aromatic carbocycles. The summed E-state index contributed by atoms with van der Waals surface area (Å²) in [5.74, 6) is 0. The summed E-state index contributed by atoms with van der Waals surface area (Å²) in [5, 5.41) is 7.45. The van der Waals surface area contributed by atoms with Gasteiger partial charge in [-0.15, -0.1) is 0 Å². The van der Waals surface area contributed by atoms with Gasteiger partial charge in [0, 0.05) is 25.4 Å². The van der Waals surface area contributed by atoms with E-state index < -0.39 is 0 Å². The molecule has 1 saturated heterocycles. The smallest absolute Gasteiger partial charge is 0.0768 e. The van der Waals surface area contributed by atoms with Crippen LogP contribution in [0.25, 0.3) is 0 Å². The maximum Gasteiger partial charge on any atom is 0.0768 e. The third-order valence-electron chi connectivity index (χ3n) is 1.81. The number of rotatable bonds is 1. The van der Waals surface area contributed by atoms with Crippen LogP contribution in [0.4, 0.5) is 0 Å². The lowest BCUT2D eigenvalue weighted by molar-refractivity contribution is 0.317. The Bertz CT molecular complexity index is 225. The van der Waals surface area contributed by atoms with E-state index in [4.69, 9.17) is 0 Å². The van der Waals surface area contributed by atoms with Crippen LogP contribution in [0.15, 0.2) is 6.20 Å². The summed E-state index contributed by atoms with van der Waals surface area (Å²) in [6, 6.07) is 3.62. The van der Waals surface area contributed by atoms with Crippen LogP contribution in [0.1, 0.15) is 11.7 Å². The van der Waals surface area contributed by atoms with Crippen molar-refractivity contribution in [1.82, 2.24) is 15.1 Å². The van der Waals surface area contributed by atoms with E-state index >= 15 is 0 Å². The molecule has 0 amide bonds.